The Morgan fingerprint density at radius 2 is 1.90 bits per heavy atom. The summed E-state index contributed by atoms with van der Waals surface area (Å²) in [5, 5.41) is 13.7. The van der Waals surface area contributed by atoms with E-state index in [-0.39, 0.29) is 12.1 Å². The van der Waals surface area contributed by atoms with Gasteiger partial charge in [0.2, 0.25) is 0 Å². The van der Waals surface area contributed by atoms with Crippen LogP contribution in [0.25, 0.3) is 22.4 Å². The minimum absolute atomic E-state index is 0.211. The third-order valence-corrected chi connectivity index (χ3v) is 5.08. The smallest absolute Gasteiger partial charge is 0.264 e. The lowest BCUT2D eigenvalue weighted by Crippen LogP contribution is -2.21. The summed E-state index contributed by atoms with van der Waals surface area (Å²) in [4.78, 5) is 17.4. The fourth-order valence-electron chi connectivity index (χ4n) is 3.31. The van der Waals surface area contributed by atoms with Crippen LogP contribution in [0.5, 0.6) is 5.75 Å². The maximum absolute atomic E-state index is 13.0. The number of rotatable bonds is 5. The average molecular weight is 434 g/mol. The zero-order valence-electron chi connectivity index (χ0n) is 16.4. The van der Waals surface area contributed by atoms with Gasteiger partial charge in [-0.2, -0.15) is 5.10 Å². The molecule has 0 spiro atoms. The third kappa shape index (κ3) is 3.44. The van der Waals surface area contributed by atoms with Crippen molar-refractivity contribution in [1.82, 2.24) is 34.3 Å². The van der Waals surface area contributed by atoms with Gasteiger partial charge in [0.05, 0.1) is 31.7 Å². The molecule has 0 atom stereocenters. The number of benzene rings is 2. The van der Waals surface area contributed by atoms with Gasteiger partial charge in [-0.15, -0.1) is 5.10 Å². The highest BCUT2D eigenvalue weighted by Crippen LogP contribution is 2.21. The van der Waals surface area contributed by atoms with E-state index >= 15 is 0 Å². The summed E-state index contributed by atoms with van der Waals surface area (Å²) in [6, 6.07) is 14.6. The molecule has 31 heavy (non-hydrogen) atoms. The summed E-state index contributed by atoms with van der Waals surface area (Å²) in [7, 11) is 1.60. The van der Waals surface area contributed by atoms with Crippen LogP contribution in [0.1, 0.15) is 5.69 Å². The molecular formula is C21H16ClN7O2. The lowest BCUT2D eigenvalue weighted by atomic mass is 10.3. The number of halogens is 1. The first-order valence-corrected chi connectivity index (χ1v) is 9.75. The highest BCUT2D eigenvalue weighted by atomic mass is 35.5. The summed E-state index contributed by atoms with van der Waals surface area (Å²) in [5.74, 6) is 0.675. The summed E-state index contributed by atoms with van der Waals surface area (Å²) in [6.07, 6.45) is 4.76. The van der Waals surface area contributed by atoms with Gasteiger partial charge in [-0.25, -0.2) is 14.3 Å². The molecule has 3 heterocycles. The minimum atomic E-state index is -0.211. The molecule has 0 saturated carbocycles. The van der Waals surface area contributed by atoms with Gasteiger partial charge < -0.3 is 4.74 Å². The van der Waals surface area contributed by atoms with Crippen LogP contribution in [0.2, 0.25) is 5.02 Å². The van der Waals surface area contributed by atoms with Crippen molar-refractivity contribution in [1.29, 1.82) is 0 Å². The van der Waals surface area contributed by atoms with Crippen molar-refractivity contribution < 1.29 is 4.74 Å². The van der Waals surface area contributed by atoms with Crippen LogP contribution in [0.3, 0.4) is 0 Å². The van der Waals surface area contributed by atoms with Crippen molar-refractivity contribution in [3.63, 3.8) is 0 Å². The van der Waals surface area contributed by atoms with E-state index in [1.54, 1.807) is 34.8 Å². The van der Waals surface area contributed by atoms with Crippen molar-refractivity contribution in [2.45, 2.75) is 6.54 Å². The standard InChI is InChI=1S/C21H16ClN7O2/c1-31-19-5-3-2-4-18(19)28-12-15(25-26-28)11-27-13-23-20-17(21(27)30)10-24-29(20)16-8-6-14(22)7-9-16/h2-10,12-13H,11H2,1H3. The van der Waals surface area contributed by atoms with E-state index in [4.69, 9.17) is 16.3 Å². The van der Waals surface area contributed by atoms with Gasteiger partial charge >= 0.3 is 0 Å². The molecule has 0 radical (unpaired) electrons. The Balaban J connectivity index is 1.47. The minimum Gasteiger partial charge on any atom is -0.494 e. The van der Waals surface area contributed by atoms with Crippen molar-refractivity contribution in [3.05, 3.63) is 88.3 Å². The first kappa shape index (κ1) is 19.0. The first-order chi connectivity index (χ1) is 15.1. The second kappa shape index (κ2) is 7.69. The monoisotopic (exact) mass is 433 g/mol. The number of hydrogen-bond donors (Lipinski definition) is 0. The van der Waals surface area contributed by atoms with Crippen LogP contribution in [-0.4, -0.2) is 41.4 Å². The van der Waals surface area contributed by atoms with E-state index < -0.39 is 0 Å². The van der Waals surface area contributed by atoms with Gasteiger partial charge in [0.1, 0.15) is 28.8 Å². The van der Waals surface area contributed by atoms with Crippen molar-refractivity contribution in [3.8, 4) is 17.1 Å². The molecule has 0 unspecified atom stereocenters. The molecule has 0 aliphatic carbocycles. The van der Waals surface area contributed by atoms with Crippen LogP contribution in [0.4, 0.5) is 0 Å². The van der Waals surface area contributed by atoms with E-state index in [0.717, 1.165) is 11.4 Å². The van der Waals surface area contributed by atoms with Crippen molar-refractivity contribution in [2.75, 3.05) is 7.11 Å². The molecule has 3 aromatic heterocycles. The fraction of sp³-hybridized carbons (Fsp3) is 0.0952. The van der Waals surface area contributed by atoms with Crippen LogP contribution in [0.15, 0.2) is 72.0 Å². The highest BCUT2D eigenvalue weighted by molar-refractivity contribution is 6.30. The number of aromatic nitrogens is 7. The predicted molar refractivity (Wildman–Crippen MR) is 115 cm³/mol. The van der Waals surface area contributed by atoms with Gasteiger partial charge in [-0.1, -0.05) is 28.9 Å². The molecule has 0 fully saturated rings. The largest absolute Gasteiger partial charge is 0.494 e. The van der Waals surface area contributed by atoms with E-state index in [1.807, 2.05) is 36.4 Å². The number of fused-ring (bicyclic) bond motifs is 1. The van der Waals surface area contributed by atoms with Gasteiger partial charge in [-0.3, -0.25) is 9.36 Å². The Kier molecular flexibility index (Phi) is 4.72. The normalized spacial score (nSPS) is 11.2. The van der Waals surface area contributed by atoms with Crippen molar-refractivity contribution in [2.24, 2.45) is 0 Å². The zero-order chi connectivity index (χ0) is 21.4. The number of ether oxygens (including phenoxy) is 1. The van der Waals surface area contributed by atoms with Crippen LogP contribution in [0, 0.1) is 0 Å². The number of hydrogen-bond acceptors (Lipinski definition) is 6. The van der Waals surface area contributed by atoms with Crippen LogP contribution < -0.4 is 10.3 Å². The molecule has 0 amide bonds. The van der Waals surface area contributed by atoms with Crippen molar-refractivity contribution >= 4 is 22.6 Å². The molecule has 154 valence electrons. The Bertz CT molecular complexity index is 1440. The summed E-state index contributed by atoms with van der Waals surface area (Å²) in [6.45, 7) is 0.225. The Morgan fingerprint density at radius 1 is 1.10 bits per heavy atom. The molecule has 0 aliphatic heterocycles. The highest BCUT2D eigenvalue weighted by Gasteiger charge is 2.13. The number of methoxy groups -OCH3 is 1. The topological polar surface area (TPSA) is 92.7 Å². The Labute approximate surface area is 181 Å². The predicted octanol–water partition coefficient (Wildman–Crippen LogP) is 2.87. The molecule has 0 aliphatic rings. The summed E-state index contributed by atoms with van der Waals surface area (Å²) >= 11 is 5.95. The molecule has 0 N–H and O–H groups in total. The summed E-state index contributed by atoms with van der Waals surface area (Å²) < 4.78 is 10.1. The molecule has 2 aromatic carbocycles. The third-order valence-electron chi connectivity index (χ3n) is 4.83. The molecular weight excluding hydrogens is 418 g/mol. The van der Waals surface area contributed by atoms with Gasteiger partial charge in [0.15, 0.2) is 5.65 Å². The lowest BCUT2D eigenvalue weighted by molar-refractivity contribution is 0.411. The Hall–Kier alpha value is -3.98. The molecule has 5 aromatic rings. The Morgan fingerprint density at radius 3 is 2.71 bits per heavy atom. The number of nitrogens with zero attached hydrogens (tertiary/aromatic N) is 7. The zero-order valence-corrected chi connectivity index (χ0v) is 17.1. The van der Waals surface area contributed by atoms with Crippen LogP contribution >= 0.6 is 11.6 Å². The second-order valence-corrected chi connectivity index (χ2v) is 7.21. The van der Waals surface area contributed by atoms with Gasteiger partial charge in [0, 0.05) is 5.02 Å². The number of para-hydroxylation sites is 2. The van der Waals surface area contributed by atoms with Gasteiger partial charge in [0.25, 0.3) is 5.56 Å². The maximum Gasteiger partial charge on any atom is 0.264 e. The van der Waals surface area contributed by atoms with E-state index in [2.05, 4.69) is 20.4 Å². The van der Waals surface area contributed by atoms with Crippen LogP contribution in [-0.2, 0) is 6.54 Å². The molecule has 0 bridgehead atoms. The second-order valence-electron chi connectivity index (χ2n) is 6.77. The van der Waals surface area contributed by atoms with E-state index in [0.29, 0.717) is 27.5 Å². The average Bonchev–Trinajstić information content (AvgIpc) is 3.44. The van der Waals surface area contributed by atoms with E-state index in [1.165, 1.54) is 17.1 Å². The first-order valence-electron chi connectivity index (χ1n) is 9.38. The lowest BCUT2D eigenvalue weighted by Gasteiger charge is -2.06. The SMILES string of the molecule is COc1ccccc1-n1cc(Cn2cnc3c(cnn3-c3ccc(Cl)cc3)c2=O)nn1. The quantitative estimate of drug-likeness (QED) is 0.423. The van der Waals surface area contributed by atoms with E-state index in [9.17, 15) is 4.79 Å². The maximum atomic E-state index is 13.0. The molecule has 5 rings (SSSR count). The molecule has 10 heteroatoms. The fourth-order valence-corrected chi connectivity index (χ4v) is 3.44. The molecule has 9 nitrogen and oxygen atoms in total. The molecule has 0 saturated heterocycles. The van der Waals surface area contributed by atoms with Gasteiger partial charge in [-0.05, 0) is 36.4 Å². The summed E-state index contributed by atoms with van der Waals surface area (Å²) in [5.41, 5.74) is 2.40.